The van der Waals surface area contributed by atoms with Gasteiger partial charge in [-0.1, -0.05) is 11.6 Å². The minimum Gasteiger partial charge on any atom is -0.491 e. The van der Waals surface area contributed by atoms with E-state index in [1.165, 1.54) is 0 Å². The Morgan fingerprint density at radius 3 is 2.85 bits per heavy atom. The molecule has 0 amide bonds. The van der Waals surface area contributed by atoms with E-state index >= 15 is 0 Å². The summed E-state index contributed by atoms with van der Waals surface area (Å²) in [7, 11) is 0. The summed E-state index contributed by atoms with van der Waals surface area (Å²) in [6.07, 6.45) is 0.679. The summed E-state index contributed by atoms with van der Waals surface area (Å²) in [6.45, 7) is 0.170. The molecule has 0 fully saturated rings. The van der Waals surface area contributed by atoms with Crippen molar-refractivity contribution in [2.75, 3.05) is 13.2 Å². The maximum absolute atomic E-state index is 10.4. The molecule has 0 atom stereocenters. The lowest BCUT2D eigenvalue weighted by atomic mass is 10.2. The SMILES string of the molecule is O=Cc1ccc(OCCO)cc1Cl. The number of carbonyl (C=O) groups is 1. The van der Waals surface area contributed by atoms with Gasteiger partial charge in [0, 0.05) is 5.56 Å². The molecule has 0 unspecified atom stereocenters. The van der Waals surface area contributed by atoms with E-state index in [1.54, 1.807) is 18.2 Å². The van der Waals surface area contributed by atoms with Gasteiger partial charge in [0.05, 0.1) is 11.6 Å². The van der Waals surface area contributed by atoms with Crippen LogP contribution >= 0.6 is 11.6 Å². The van der Waals surface area contributed by atoms with E-state index in [2.05, 4.69) is 0 Å². The maximum Gasteiger partial charge on any atom is 0.151 e. The first kappa shape index (κ1) is 10.0. The fraction of sp³-hybridized carbons (Fsp3) is 0.222. The summed E-state index contributed by atoms with van der Waals surface area (Å²) >= 11 is 5.73. The molecule has 1 aromatic carbocycles. The van der Waals surface area contributed by atoms with E-state index in [1.807, 2.05) is 0 Å². The number of aliphatic hydroxyl groups is 1. The lowest BCUT2D eigenvalue weighted by Gasteiger charge is -2.04. The van der Waals surface area contributed by atoms with Gasteiger partial charge < -0.3 is 9.84 Å². The van der Waals surface area contributed by atoms with Crippen LogP contribution in [0.4, 0.5) is 0 Å². The molecule has 1 aromatic rings. The Balaban J connectivity index is 2.77. The third-order valence-corrected chi connectivity index (χ3v) is 1.79. The van der Waals surface area contributed by atoms with E-state index < -0.39 is 0 Å². The molecular weight excluding hydrogens is 192 g/mol. The van der Waals surface area contributed by atoms with Gasteiger partial charge in [0.2, 0.25) is 0 Å². The molecule has 0 aliphatic carbocycles. The van der Waals surface area contributed by atoms with Crippen LogP contribution in [0.2, 0.25) is 5.02 Å². The highest BCUT2D eigenvalue weighted by atomic mass is 35.5. The zero-order valence-electron chi connectivity index (χ0n) is 6.87. The van der Waals surface area contributed by atoms with Crippen molar-refractivity contribution in [3.05, 3.63) is 28.8 Å². The molecule has 0 saturated heterocycles. The number of hydrogen-bond donors (Lipinski definition) is 1. The Hall–Kier alpha value is -1.06. The molecule has 1 rings (SSSR count). The number of aliphatic hydroxyl groups excluding tert-OH is 1. The highest BCUT2D eigenvalue weighted by molar-refractivity contribution is 6.33. The molecular formula is C9H9ClO3. The third kappa shape index (κ3) is 2.72. The Kier molecular flexibility index (Phi) is 3.73. The van der Waals surface area contributed by atoms with Gasteiger partial charge in [0.15, 0.2) is 6.29 Å². The molecule has 13 heavy (non-hydrogen) atoms. The van der Waals surface area contributed by atoms with Crippen LogP contribution in [0.1, 0.15) is 10.4 Å². The highest BCUT2D eigenvalue weighted by Gasteiger charge is 2.00. The van der Waals surface area contributed by atoms with Gasteiger partial charge in [-0.05, 0) is 18.2 Å². The first-order valence-electron chi connectivity index (χ1n) is 3.76. The van der Waals surface area contributed by atoms with Crippen molar-refractivity contribution in [2.45, 2.75) is 0 Å². The maximum atomic E-state index is 10.4. The van der Waals surface area contributed by atoms with Gasteiger partial charge in [0.25, 0.3) is 0 Å². The standard InChI is InChI=1S/C9H9ClO3/c10-9-5-8(13-4-3-11)2-1-7(9)6-12/h1-2,5-6,11H,3-4H2. The average molecular weight is 201 g/mol. The third-order valence-electron chi connectivity index (χ3n) is 1.46. The van der Waals surface area contributed by atoms with Gasteiger partial charge in [-0.3, -0.25) is 4.79 Å². The minimum absolute atomic E-state index is 0.0486. The topological polar surface area (TPSA) is 46.5 Å². The minimum atomic E-state index is -0.0486. The van der Waals surface area contributed by atoms with Crippen LogP contribution in [0.5, 0.6) is 5.75 Å². The normalized spacial score (nSPS) is 9.69. The van der Waals surface area contributed by atoms with Crippen LogP contribution in [-0.2, 0) is 0 Å². The van der Waals surface area contributed by atoms with Gasteiger partial charge in [0.1, 0.15) is 12.4 Å². The second-order valence-electron chi connectivity index (χ2n) is 2.37. The predicted octanol–water partition coefficient (Wildman–Crippen LogP) is 1.52. The summed E-state index contributed by atoms with van der Waals surface area (Å²) in [6, 6.07) is 4.74. The second kappa shape index (κ2) is 4.84. The second-order valence-corrected chi connectivity index (χ2v) is 2.78. The number of ether oxygens (including phenoxy) is 1. The zero-order valence-corrected chi connectivity index (χ0v) is 7.62. The number of benzene rings is 1. The molecule has 70 valence electrons. The molecule has 0 heterocycles. The van der Waals surface area contributed by atoms with Crippen LogP contribution in [0.15, 0.2) is 18.2 Å². The molecule has 1 N–H and O–H groups in total. The van der Waals surface area contributed by atoms with Crippen LogP contribution in [0.25, 0.3) is 0 Å². The number of aldehydes is 1. The summed E-state index contributed by atoms with van der Waals surface area (Å²) in [4.78, 5) is 10.4. The average Bonchev–Trinajstić information content (AvgIpc) is 2.15. The van der Waals surface area contributed by atoms with E-state index in [9.17, 15) is 4.79 Å². The Morgan fingerprint density at radius 2 is 2.31 bits per heavy atom. The molecule has 0 bridgehead atoms. The highest BCUT2D eigenvalue weighted by Crippen LogP contribution is 2.20. The van der Waals surface area contributed by atoms with Crippen LogP contribution in [0, 0.1) is 0 Å². The Morgan fingerprint density at radius 1 is 1.54 bits per heavy atom. The van der Waals surface area contributed by atoms with Crippen molar-refractivity contribution in [1.29, 1.82) is 0 Å². The molecule has 0 aromatic heterocycles. The van der Waals surface area contributed by atoms with Crippen molar-refractivity contribution >= 4 is 17.9 Å². The summed E-state index contributed by atoms with van der Waals surface area (Å²) in [5.41, 5.74) is 0.429. The number of halogens is 1. The number of hydrogen-bond acceptors (Lipinski definition) is 3. The molecule has 0 aliphatic rings. The molecule has 0 saturated carbocycles. The Bertz CT molecular complexity index is 299. The Labute approximate surface area is 80.9 Å². The first-order valence-corrected chi connectivity index (χ1v) is 4.14. The fourth-order valence-electron chi connectivity index (χ4n) is 0.857. The zero-order chi connectivity index (χ0) is 9.68. The van der Waals surface area contributed by atoms with Gasteiger partial charge in [-0.15, -0.1) is 0 Å². The van der Waals surface area contributed by atoms with E-state index in [-0.39, 0.29) is 13.2 Å². The summed E-state index contributed by atoms with van der Waals surface area (Å²) in [5, 5.41) is 8.84. The molecule has 4 heteroatoms. The van der Waals surface area contributed by atoms with E-state index in [4.69, 9.17) is 21.4 Å². The predicted molar refractivity (Wildman–Crippen MR) is 49.4 cm³/mol. The van der Waals surface area contributed by atoms with Gasteiger partial charge >= 0.3 is 0 Å². The quantitative estimate of drug-likeness (QED) is 0.750. The van der Waals surface area contributed by atoms with Crippen molar-refractivity contribution in [3.8, 4) is 5.75 Å². The number of rotatable bonds is 4. The molecule has 3 nitrogen and oxygen atoms in total. The van der Waals surface area contributed by atoms with Crippen LogP contribution in [0.3, 0.4) is 0 Å². The van der Waals surface area contributed by atoms with Gasteiger partial charge in [-0.25, -0.2) is 0 Å². The van der Waals surface area contributed by atoms with E-state index in [0.29, 0.717) is 22.6 Å². The first-order chi connectivity index (χ1) is 6.27. The van der Waals surface area contributed by atoms with Crippen molar-refractivity contribution < 1.29 is 14.6 Å². The summed E-state index contributed by atoms with van der Waals surface area (Å²) < 4.78 is 5.09. The van der Waals surface area contributed by atoms with Crippen LogP contribution < -0.4 is 4.74 Å². The van der Waals surface area contributed by atoms with Crippen LogP contribution in [-0.4, -0.2) is 24.6 Å². The monoisotopic (exact) mass is 200 g/mol. The van der Waals surface area contributed by atoms with Gasteiger partial charge in [-0.2, -0.15) is 0 Å². The smallest absolute Gasteiger partial charge is 0.151 e. The molecule has 0 radical (unpaired) electrons. The fourth-order valence-corrected chi connectivity index (χ4v) is 1.07. The van der Waals surface area contributed by atoms with Crippen molar-refractivity contribution in [1.82, 2.24) is 0 Å². The lowest BCUT2D eigenvalue weighted by molar-refractivity contribution is 0.112. The van der Waals surface area contributed by atoms with Crippen molar-refractivity contribution in [2.24, 2.45) is 0 Å². The largest absolute Gasteiger partial charge is 0.491 e. The summed E-state index contributed by atoms with van der Waals surface area (Å²) in [5.74, 6) is 0.546. The molecule has 0 spiro atoms. The lowest BCUT2D eigenvalue weighted by Crippen LogP contribution is -2.01. The van der Waals surface area contributed by atoms with Crippen molar-refractivity contribution in [3.63, 3.8) is 0 Å². The molecule has 0 aliphatic heterocycles. The number of carbonyl (C=O) groups excluding carboxylic acids is 1. The van der Waals surface area contributed by atoms with E-state index in [0.717, 1.165) is 0 Å².